The Morgan fingerprint density at radius 3 is 2.46 bits per heavy atom. The lowest BCUT2D eigenvalue weighted by atomic mass is 10.1. The van der Waals surface area contributed by atoms with Crippen molar-refractivity contribution in [2.45, 2.75) is 25.0 Å². The number of piperazine rings is 1. The van der Waals surface area contributed by atoms with Gasteiger partial charge in [0.1, 0.15) is 23.6 Å². The second-order valence-electron chi connectivity index (χ2n) is 6.07. The molecule has 1 aromatic rings. The minimum absolute atomic E-state index is 0.0153. The Morgan fingerprint density at radius 2 is 1.83 bits per heavy atom. The average molecular weight is 333 g/mol. The molecule has 0 bridgehead atoms. The zero-order chi connectivity index (χ0) is 16.9. The summed E-state index contributed by atoms with van der Waals surface area (Å²) in [5, 5.41) is 5.70. The second kappa shape index (κ2) is 7.53. The van der Waals surface area contributed by atoms with Gasteiger partial charge in [-0.3, -0.25) is 9.59 Å². The lowest BCUT2D eigenvalue weighted by Crippen LogP contribution is -2.60. The van der Waals surface area contributed by atoms with Gasteiger partial charge in [-0.1, -0.05) is 0 Å². The van der Waals surface area contributed by atoms with Gasteiger partial charge in [0.2, 0.25) is 11.8 Å². The van der Waals surface area contributed by atoms with Crippen LogP contribution in [0.3, 0.4) is 0 Å². The van der Waals surface area contributed by atoms with Crippen LogP contribution in [-0.2, 0) is 9.59 Å². The molecule has 0 aliphatic carbocycles. The molecule has 2 N–H and O–H groups in total. The number of nitrogens with one attached hydrogen (secondary N) is 2. The van der Waals surface area contributed by atoms with Crippen LogP contribution in [0.25, 0.3) is 0 Å². The third-order valence-electron chi connectivity index (χ3n) is 4.38. The fraction of sp³-hybridized carbons (Fsp3) is 0.529. The van der Waals surface area contributed by atoms with Gasteiger partial charge >= 0.3 is 0 Å². The van der Waals surface area contributed by atoms with E-state index in [1.54, 1.807) is 7.11 Å². The Morgan fingerprint density at radius 1 is 1.17 bits per heavy atom. The molecule has 2 aliphatic rings. The van der Waals surface area contributed by atoms with Crippen LogP contribution in [0.5, 0.6) is 11.5 Å². The number of ether oxygens (including phenoxy) is 2. The molecule has 0 aromatic heterocycles. The first-order valence-electron chi connectivity index (χ1n) is 8.25. The van der Waals surface area contributed by atoms with Crippen molar-refractivity contribution in [3.8, 4) is 11.5 Å². The van der Waals surface area contributed by atoms with Crippen LogP contribution in [0.2, 0.25) is 0 Å². The fourth-order valence-electron chi connectivity index (χ4n) is 3.04. The van der Waals surface area contributed by atoms with Gasteiger partial charge in [0, 0.05) is 32.5 Å². The zero-order valence-corrected chi connectivity index (χ0v) is 13.8. The van der Waals surface area contributed by atoms with E-state index in [0.29, 0.717) is 19.6 Å². The first-order valence-corrected chi connectivity index (χ1v) is 8.25. The summed E-state index contributed by atoms with van der Waals surface area (Å²) in [6.45, 7) is 2.06. The number of hydrogen-bond donors (Lipinski definition) is 2. The summed E-state index contributed by atoms with van der Waals surface area (Å²) in [5.41, 5.74) is 0. The quantitative estimate of drug-likeness (QED) is 0.820. The maximum Gasteiger partial charge on any atom is 0.246 e. The third-order valence-corrected chi connectivity index (χ3v) is 4.38. The van der Waals surface area contributed by atoms with Crippen molar-refractivity contribution in [3.05, 3.63) is 24.3 Å². The van der Waals surface area contributed by atoms with E-state index >= 15 is 0 Å². The number of nitrogens with zero attached hydrogens (tertiary/aromatic N) is 1. The van der Waals surface area contributed by atoms with E-state index in [1.165, 1.54) is 0 Å². The van der Waals surface area contributed by atoms with Crippen molar-refractivity contribution in [2.75, 3.05) is 33.3 Å². The summed E-state index contributed by atoms with van der Waals surface area (Å²) in [6, 6.07) is 7.06. The number of rotatable bonds is 4. The zero-order valence-electron chi connectivity index (χ0n) is 13.8. The van der Waals surface area contributed by atoms with Crippen LogP contribution in [-0.4, -0.2) is 62.1 Å². The molecule has 2 saturated heterocycles. The maximum absolute atomic E-state index is 12.5. The molecule has 2 aliphatic heterocycles. The summed E-state index contributed by atoms with van der Waals surface area (Å²) in [4.78, 5) is 25.7. The third kappa shape index (κ3) is 3.97. The van der Waals surface area contributed by atoms with Gasteiger partial charge in [-0.15, -0.1) is 0 Å². The molecule has 0 radical (unpaired) electrons. The van der Waals surface area contributed by atoms with Gasteiger partial charge in [-0.05, 0) is 24.3 Å². The molecule has 2 amide bonds. The molecule has 2 heterocycles. The molecule has 24 heavy (non-hydrogen) atoms. The van der Waals surface area contributed by atoms with Crippen LogP contribution in [0.1, 0.15) is 12.8 Å². The van der Waals surface area contributed by atoms with Gasteiger partial charge in [0.25, 0.3) is 0 Å². The summed E-state index contributed by atoms with van der Waals surface area (Å²) in [6.07, 6.45) is 1.67. The van der Waals surface area contributed by atoms with Crippen molar-refractivity contribution < 1.29 is 19.1 Å². The van der Waals surface area contributed by atoms with E-state index in [9.17, 15) is 9.59 Å². The summed E-state index contributed by atoms with van der Waals surface area (Å²) >= 11 is 0. The van der Waals surface area contributed by atoms with Gasteiger partial charge in [0.15, 0.2) is 0 Å². The number of likely N-dealkylation sites (tertiary alicyclic amines) is 1. The SMILES string of the molecule is COc1ccc(OC2CCN(C(=O)C3CNCC(=O)N3)CC2)cc1. The normalized spacial score (nSPS) is 22.0. The van der Waals surface area contributed by atoms with Gasteiger partial charge in [0.05, 0.1) is 13.7 Å². The molecular formula is C17H23N3O4. The van der Waals surface area contributed by atoms with Crippen molar-refractivity contribution >= 4 is 11.8 Å². The van der Waals surface area contributed by atoms with Gasteiger partial charge in [-0.25, -0.2) is 0 Å². The van der Waals surface area contributed by atoms with E-state index in [4.69, 9.17) is 9.47 Å². The molecule has 1 unspecified atom stereocenters. The molecule has 3 rings (SSSR count). The molecule has 1 atom stereocenters. The van der Waals surface area contributed by atoms with E-state index < -0.39 is 6.04 Å². The molecule has 0 saturated carbocycles. The highest BCUT2D eigenvalue weighted by Crippen LogP contribution is 2.22. The van der Waals surface area contributed by atoms with Crippen LogP contribution in [0.15, 0.2) is 24.3 Å². The summed E-state index contributed by atoms with van der Waals surface area (Å²) in [7, 11) is 1.63. The number of benzene rings is 1. The highest BCUT2D eigenvalue weighted by Gasteiger charge is 2.31. The topological polar surface area (TPSA) is 79.9 Å². The largest absolute Gasteiger partial charge is 0.497 e. The molecule has 130 valence electrons. The first-order chi connectivity index (χ1) is 11.7. The Hall–Kier alpha value is -2.28. The monoisotopic (exact) mass is 333 g/mol. The Labute approximate surface area is 141 Å². The number of carbonyl (C=O) groups is 2. The van der Waals surface area contributed by atoms with Crippen molar-refractivity contribution in [1.82, 2.24) is 15.5 Å². The van der Waals surface area contributed by atoms with Crippen LogP contribution in [0.4, 0.5) is 0 Å². The highest BCUT2D eigenvalue weighted by atomic mass is 16.5. The predicted octanol–water partition coefficient (Wildman–Crippen LogP) is 0.153. The Kier molecular flexibility index (Phi) is 5.20. The number of piperidine rings is 1. The van der Waals surface area contributed by atoms with Gasteiger partial charge in [-0.2, -0.15) is 0 Å². The van der Waals surface area contributed by atoms with Crippen molar-refractivity contribution in [3.63, 3.8) is 0 Å². The second-order valence-corrected chi connectivity index (χ2v) is 6.07. The molecule has 1 aromatic carbocycles. The average Bonchev–Trinajstić information content (AvgIpc) is 2.62. The van der Waals surface area contributed by atoms with Crippen LogP contribution in [0, 0.1) is 0 Å². The standard InChI is InChI=1S/C17H23N3O4/c1-23-12-2-4-13(5-3-12)24-14-6-8-20(9-7-14)17(22)15-10-18-11-16(21)19-15/h2-5,14-15,18H,6-11H2,1H3,(H,19,21). The fourth-order valence-corrected chi connectivity index (χ4v) is 3.04. The number of methoxy groups -OCH3 is 1. The first kappa shape index (κ1) is 16.6. The number of amides is 2. The molecule has 7 nitrogen and oxygen atoms in total. The smallest absolute Gasteiger partial charge is 0.246 e. The molecule has 2 fully saturated rings. The maximum atomic E-state index is 12.5. The van der Waals surface area contributed by atoms with Gasteiger partial charge < -0.3 is 25.0 Å². The van der Waals surface area contributed by atoms with Crippen molar-refractivity contribution in [1.29, 1.82) is 0 Å². The van der Waals surface area contributed by atoms with Crippen LogP contribution < -0.4 is 20.1 Å². The number of hydrogen-bond acceptors (Lipinski definition) is 5. The lowest BCUT2D eigenvalue weighted by molar-refractivity contribution is -0.138. The van der Waals surface area contributed by atoms with E-state index in [0.717, 1.165) is 24.3 Å². The van der Waals surface area contributed by atoms with E-state index in [2.05, 4.69) is 10.6 Å². The minimum atomic E-state index is -0.453. The molecular weight excluding hydrogens is 310 g/mol. The summed E-state index contributed by atoms with van der Waals surface area (Å²) in [5.74, 6) is 1.46. The molecule has 0 spiro atoms. The van der Waals surface area contributed by atoms with Crippen LogP contribution >= 0.6 is 0 Å². The highest BCUT2D eigenvalue weighted by molar-refractivity contribution is 5.89. The molecule has 7 heteroatoms. The van der Waals surface area contributed by atoms with E-state index in [-0.39, 0.29) is 24.5 Å². The lowest BCUT2D eigenvalue weighted by Gasteiger charge is -2.35. The summed E-state index contributed by atoms with van der Waals surface area (Å²) < 4.78 is 11.1. The Balaban J connectivity index is 1.48. The number of carbonyl (C=O) groups excluding carboxylic acids is 2. The minimum Gasteiger partial charge on any atom is -0.497 e. The Bertz CT molecular complexity index is 582. The van der Waals surface area contributed by atoms with Crippen molar-refractivity contribution in [2.24, 2.45) is 0 Å². The predicted molar refractivity (Wildman–Crippen MR) is 88.0 cm³/mol. The van der Waals surface area contributed by atoms with E-state index in [1.807, 2.05) is 29.2 Å².